The molecular weight excluding hydrogens is 290 g/mol. The number of anilines is 1. The van der Waals surface area contributed by atoms with Crippen LogP contribution in [0.1, 0.15) is 18.4 Å². The van der Waals surface area contributed by atoms with E-state index in [0.29, 0.717) is 37.3 Å². The second-order valence-electron chi connectivity index (χ2n) is 5.59. The van der Waals surface area contributed by atoms with Gasteiger partial charge in [-0.15, -0.1) is 0 Å². The average molecular weight is 309 g/mol. The highest BCUT2D eigenvalue weighted by molar-refractivity contribution is 7.88. The third kappa shape index (κ3) is 2.75. The molecule has 1 aromatic carbocycles. The molecule has 0 spiro atoms. The van der Waals surface area contributed by atoms with E-state index < -0.39 is 10.0 Å². The van der Waals surface area contributed by atoms with E-state index in [1.807, 2.05) is 4.90 Å². The summed E-state index contributed by atoms with van der Waals surface area (Å²) in [6.45, 7) is 1.27. The van der Waals surface area contributed by atoms with E-state index in [9.17, 15) is 13.2 Å². The molecule has 114 valence electrons. The molecule has 6 nitrogen and oxygen atoms in total. The van der Waals surface area contributed by atoms with Gasteiger partial charge >= 0.3 is 0 Å². The van der Waals surface area contributed by atoms with Crippen LogP contribution in [0, 0.1) is 0 Å². The van der Waals surface area contributed by atoms with Crippen molar-refractivity contribution in [3.63, 3.8) is 0 Å². The molecule has 0 aliphatic carbocycles. The fourth-order valence-electron chi connectivity index (χ4n) is 3.04. The predicted octanol–water partition coefficient (Wildman–Crippen LogP) is 0.405. The SMILES string of the molecule is Nc1ccccc1CS(=O)(=O)N1CCN2C(=O)CCC2C1. The van der Waals surface area contributed by atoms with Gasteiger partial charge < -0.3 is 10.6 Å². The third-order valence-electron chi connectivity index (χ3n) is 4.24. The van der Waals surface area contributed by atoms with E-state index in [-0.39, 0.29) is 17.7 Å². The number of piperazine rings is 1. The van der Waals surface area contributed by atoms with Crippen LogP contribution in [0.15, 0.2) is 24.3 Å². The topological polar surface area (TPSA) is 83.7 Å². The van der Waals surface area contributed by atoms with Crippen molar-refractivity contribution in [3.05, 3.63) is 29.8 Å². The number of rotatable bonds is 3. The fraction of sp³-hybridized carbons (Fsp3) is 0.500. The number of nitrogen functional groups attached to an aromatic ring is 1. The lowest BCUT2D eigenvalue weighted by atomic mass is 10.2. The monoisotopic (exact) mass is 309 g/mol. The lowest BCUT2D eigenvalue weighted by Gasteiger charge is -2.36. The molecule has 1 aromatic rings. The number of hydrogen-bond acceptors (Lipinski definition) is 4. The molecule has 2 aliphatic heterocycles. The Bertz CT molecular complexity index is 659. The van der Waals surface area contributed by atoms with Crippen LogP contribution in [0.25, 0.3) is 0 Å². The van der Waals surface area contributed by atoms with Crippen molar-refractivity contribution in [2.45, 2.75) is 24.6 Å². The highest BCUT2D eigenvalue weighted by atomic mass is 32.2. The summed E-state index contributed by atoms with van der Waals surface area (Å²) in [4.78, 5) is 13.5. The fourth-order valence-corrected chi connectivity index (χ4v) is 4.64. The van der Waals surface area contributed by atoms with Crippen LogP contribution in [0.4, 0.5) is 5.69 Å². The maximum absolute atomic E-state index is 12.5. The number of carbonyl (C=O) groups excluding carboxylic acids is 1. The highest BCUT2D eigenvalue weighted by Gasteiger charge is 2.39. The molecule has 2 fully saturated rings. The first kappa shape index (κ1) is 14.3. The smallest absolute Gasteiger partial charge is 0.222 e. The van der Waals surface area contributed by atoms with E-state index in [4.69, 9.17) is 5.73 Å². The van der Waals surface area contributed by atoms with Crippen LogP contribution in [-0.4, -0.2) is 49.2 Å². The summed E-state index contributed by atoms with van der Waals surface area (Å²) < 4.78 is 26.6. The molecule has 2 N–H and O–H groups in total. The number of amides is 1. The molecule has 0 radical (unpaired) electrons. The van der Waals surface area contributed by atoms with Gasteiger partial charge in [-0.25, -0.2) is 8.42 Å². The van der Waals surface area contributed by atoms with Crippen LogP contribution in [0.3, 0.4) is 0 Å². The number of sulfonamides is 1. The molecule has 1 amide bonds. The zero-order chi connectivity index (χ0) is 15.0. The number of carbonyl (C=O) groups is 1. The predicted molar refractivity (Wildman–Crippen MR) is 79.8 cm³/mol. The standard InChI is InChI=1S/C14H19N3O3S/c15-13-4-2-1-3-11(13)10-21(19,20)16-7-8-17-12(9-16)5-6-14(17)18/h1-4,12H,5-10,15H2. The Kier molecular flexibility index (Phi) is 3.62. The van der Waals surface area contributed by atoms with Crippen molar-refractivity contribution < 1.29 is 13.2 Å². The largest absolute Gasteiger partial charge is 0.398 e. The summed E-state index contributed by atoms with van der Waals surface area (Å²) in [6.07, 6.45) is 1.28. The molecular formula is C14H19N3O3S. The van der Waals surface area contributed by atoms with Gasteiger partial charge in [-0.05, 0) is 18.1 Å². The van der Waals surface area contributed by atoms with Gasteiger partial charge in [0.15, 0.2) is 0 Å². The zero-order valence-electron chi connectivity index (χ0n) is 11.7. The Hall–Kier alpha value is -1.60. The molecule has 0 aromatic heterocycles. The Morgan fingerprint density at radius 1 is 1.24 bits per heavy atom. The van der Waals surface area contributed by atoms with Crippen LogP contribution < -0.4 is 5.73 Å². The van der Waals surface area contributed by atoms with Crippen LogP contribution in [0.2, 0.25) is 0 Å². The van der Waals surface area contributed by atoms with Gasteiger partial charge in [-0.1, -0.05) is 18.2 Å². The van der Waals surface area contributed by atoms with Gasteiger partial charge in [0.05, 0.1) is 5.75 Å². The Morgan fingerprint density at radius 2 is 2.00 bits per heavy atom. The third-order valence-corrected chi connectivity index (χ3v) is 6.04. The second kappa shape index (κ2) is 5.31. The van der Waals surface area contributed by atoms with Gasteiger partial charge in [-0.3, -0.25) is 4.79 Å². The number of para-hydroxylation sites is 1. The second-order valence-corrected chi connectivity index (χ2v) is 7.56. The maximum Gasteiger partial charge on any atom is 0.222 e. The number of nitrogens with zero attached hydrogens (tertiary/aromatic N) is 2. The molecule has 7 heteroatoms. The average Bonchev–Trinajstić information content (AvgIpc) is 2.82. The number of benzene rings is 1. The van der Waals surface area contributed by atoms with Crippen molar-refractivity contribution >= 4 is 21.6 Å². The molecule has 0 saturated carbocycles. The summed E-state index contributed by atoms with van der Waals surface area (Å²) in [5.74, 6) is 0.0599. The van der Waals surface area contributed by atoms with Crippen molar-refractivity contribution in [1.29, 1.82) is 0 Å². The van der Waals surface area contributed by atoms with E-state index in [1.54, 1.807) is 24.3 Å². The number of fused-ring (bicyclic) bond motifs is 1. The molecule has 2 saturated heterocycles. The van der Waals surface area contributed by atoms with E-state index in [1.165, 1.54) is 4.31 Å². The zero-order valence-corrected chi connectivity index (χ0v) is 12.6. The summed E-state index contributed by atoms with van der Waals surface area (Å²) in [5, 5.41) is 0. The molecule has 2 heterocycles. The van der Waals surface area contributed by atoms with Crippen molar-refractivity contribution in [2.75, 3.05) is 25.4 Å². The first-order valence-electron chi connectivity index (χ1n) is 7.08. The van der Waals surface area contributed by atoms with E-state index in [0.717, 1.165) is 6.42 Å². The minimum atomic E-state index is -3.40. The van der Waals surface area contributed by atoms with Gasteiger partial charge in [0, 0.05) is 37.8 Å². The normalized spacial score (nSPS) is 23.3. The van der Waals surface area contributed by atoms with Gasteiger partial charge in [0.25, 0.3) is 0 Å². The maximum atomic E-state index is 12.5. The highest BCUT2D eigenvalue weighted by Crippen LogP contribution is 2.26. The minimum Gasteiger partial charge on any atom is -0.398 e. The molecule has 2 aliphatic rings. The summed E-state index contributed by atoms with van der Waals surface area (Å²) >= 11 is 0. The van der Waals surface area contributed by atoms with Gasteiger partial charge in [-0.2, -0.15) is 4.31 Å². The Labute approximate surface area is 124 Å². The van der Waals surface area contributed by atoms with Crippen molar-refractivity contribution in [2.24, 2.45) is 0 Å². The summed E-state index contributed by atoms with van der Waals surface area (Å²) in [6, 6.07) is 7.05. The van der Waals surface area contributed by atoms with Gasteiger partial charge in [0.1, 0.15) is 0 Å². The molecule has 21 heavy (non-hydrogen) atoms. The minimum absolute atomic E-state index is 0.0362. The van der Waals surface area contributed by atoms with Crippen molar-refractivity contribution in [3.8, 4) is 0 Å². The van der Waals surface area contributed by atoms with E-state index in [2.05, 4.69) is 0 Å². The summed E-state index contributed by atoms with van der Waals surface area (Å²) in [7, 11) is -3.40. The summed E-state index contributed by atoms with van der Waals surface area (Å²) in [5.41, 5.74) is 6.95. The first-order chi connectivity index (χ1) is 9.97. The number of hydrogen-bond donors (Lipinski definition) is 1. The lowest BCUT2D eigenvalue weighted by Crippen LogP contribution is -2.53. The lowest BCUT2D eigenvalue weighted by molar-refractivity contribution is -0.130. The quantitative estimate of drug-likeness (QED) is 0.820. The first-order valence-corrected chi connectivity index (χ1v) is 8.69. The van der Waals surface area contributed by atoms with E-state index >= 15 is 0 Å². The Morgan fingerprint density at radius 3 is 2.76 bits per heavy atom. The molecule has 3 rings (SSSR count). The molecule has 0 bridgehead atoms. The van der Waals surface area contributed by atoms with Crippen molar-refractivity contribution in [1.82, 2.24) is 9.21 Å². The van der Waals surface area contributed by atoms with Crippen LogP contribution >= 0.6 is 0 Å². The van der Waals surface area contributed by atoms with Crippen LogP contribution in [0.5, 0.6) is 0 Å². The molecule has 1 atom stereocenters. The van der Waals surface area contributed by atoms with Crippen LogP contribution in [-0.2, 0) is 20.6 Å². The Balaban J connectivity index is 1.74. The number of nitrogens with two attached hydrogens (primary N) is 1. The van der Waals surface area contributed by atoms with Gasteiger partial charge in [0.2, 0.25) is 15.9 Å². The molecule has 1 unspecified atom stereocenters.